The summed E-state index contributed by atoms with van der Waals surface area (Å²) in [6, 6.07) is 7.45. The number of carbonyl (C=O) groups excluding carboxylic acids is 1. The minimum absolute atomic E-state index is 0.0158. The number of anilines is 2. The van der Waals surface area contributed by atoms with Gasteiger partial charge in [-0.05, 0) is 35.6 Å². The van der Waals surface area contributed by atoms with E-state index in [0.29, 0.717) is 23.5 Å². The third-order valence-corrected chi connectivity index (χ3v) is 5.10. The molecule has 1 amide bonds. The van der Waals surface area contributed by atoms with Crippen LogP contribution in [0.4, 0.5) is 11.4 Å². The van der Waals surface area contributed by atoms with Gasteiger partial charge in [-0.25, -0.2) is 0 Å². The van der Waals surface area contributed by atoms with E-state index in [1.165, 1.54) is 10.4 Å². The first-order valence-electron chi connectivity index (χ1n) is 7.66. The second kappa shape index (κ2) is 7.02. The predicted octanol–water partition coefficient (Wildman–Crippen LogP) is 2.73. The molecule has 0 bridgehead atoms. The fourth-order valence-corrected chi connectivity index (χ4v) is 3.64. The molecule has 2 heterocycles. The molecule has 0 aliphatic carbocycles. The molecule has 0 unspecified atom stereocenters. The highest BCUT2D eigenvalue weighted by Gasteiger charge is 2.17. The Hall–Kier alpha value is -2.05. The van der Waals surface area contributed by atoms with Gasteiger partial charge in [0.25, 0.3) is 0 Å². The Morgan fingerprint density at radius 1 is 1.43 bits per heavy atom. The number of fused-ring (bicyclic) bond motifs is 1. The maximum atomic E-state index is 12.1. The number of amides is 1. The summed E-state index contributed by atoms with van der Waals surface area (Å²) in [4.78, 5) is 15.9. The van der Waals surface area contributed by atoms with Crippen LogP contribution in [0.1, 0.15) is 16.9 Å². The molecule has 1 aliphatic heterocycles. The summed E-state index contributed by atoms with van der Waals surface area (Å²) in [5.74, 6) is 0.665. The van der Waals surface area contributed by atoms with E-state index in [9.17, 15) is 4.79 Å². The molecule has 0 radical (unpaired) electrons. The van der Waals surface area contributed by atoms with Crippen LogP contribution >= 0.6 is 11.3 Å². The predicted molar refractivity (Wildman–Crippen MR) is 94.0 cm³/mol. The molecule has 5 nitrogen and oxygen atoms in total. The molecular formula is C17H21N3O2S. The van der Waals surface area contributed by atoms with Crippen molar-refractivity contribution in [2.24, 2.45) is 0 Å². The van der Waals surface area contributed by atoms with Crippen molar-refractivity contribution >= 4 is 28.6 Å². The molecule has 122 valence electrons. The lowest BCUT2D eigenvalue weighted by atomic mass is 10.1. The van der Waals surface area contributed by atoms with Gasteiger partial charge in [0.15, 0.2) is 0 Å². The third kappa shape index (κ3) is 3.83. The minimum Gasteiger partial charge on any atom is -0.497 e. The lowest BCUT2D eigenvalue weighted by molar-refractivity contribution is -0.116. The summed E-state index contributed by atoms with van der Waals surface area (Å²) < 4.78 is 5.11. The number of nitrogens with zero attached hydrogens (tertiary/aromatic N) is 1. The second-order valence-electron chi connectivity index (χ2n) is 5.65. The molecule has 0 fully saturated rings. The van der Waals surface area contributed by atoms with Crippen LogP contribution in [0.15, 0.2) is 29.6 Å². The Morgan fingerprint density at radius 3 is 3.09 bits per heavy atom. The molecule has 23 heavy (non-hydrogen) atoms. The lowest BCUT2D eigenvalue weighted by Crippen LogP contribution is -2.32. The number of nitrogen functional groups attached to an aromatic ring is 1. The normalized spacial score (nSPS) is 14.3. The first-order chi connectivity index (χ1) is 11.2. The van der Waals surface area contributed by atoms with Gasteiger partial charge in [0, 0.05) is 37.0 Å². The summed E-state index contributed by atoms with van der Waals surface area (Å²) in [5, 5.41) is 5.02. The topological polar surface area (TPSA) is 67.6 Å². The number of nitrogens with one attached hydrogen (secondary N) is 1. The molecule has 6 heteroatoms. The van der Waals surface area contributed by atoms with E-state index in [4.69, 9.17) is 10.5 Å². The fourth-order valence-electron chi connectivity index (χ4n) is 2.75. The number of rotatable bonds is 5. The van der Waals surface area contributed by atoms with Crippen LogP contribution in [-0.2, 0) is 17.8 Å². The van der Waals surface area contributed by atoms with Gasteiger partial charge in [-0.1, -0.05) is 0 Å². The summed E-state index contributed by atoms with van der Waals surface area (Å²) in [5.41, 5.74) is 8.47. The largest absolute Gasteiger partial charge is 0.497 e. The maximum Gasteiger partial charge on any atom is 0.225 e. The van der Waals surface area contributed by atoms with Gasteiger partial charge in [0.2, 0.25) is 5.91 Å². The van der Waals surface area contributed by atoms with E-state index in [1.54, 1.807) is 25.3 Å². The minimum atomic E-state index is -0.0158. The van der Waals surface area contributed by atoms with Crippen molar-refractivity contribution in [3.8, 4) is 5.75 Å². The highest BCUT2D eigenvalue weighted by atomic mass is 32.1. The Balaban J connectivity index is 1.50. The Bertz CT molecular complexity index is 699. The van der Waals surface area contributed by atoms with Crippen LogP contribution in [0.3, 0.4) is 0 Å². The van der Waals surface area contributed by atoms with Gasteiger partial charge in [0.1, 0.15) is 5.75 Å². The molecule has 2 aromatic rings. The molecule has 0 atom stereocenters. The molecule has 3 N–H and O–H groups in total. The highest BCUT2D eigenvalue weighted by Crippen LogP contribution is 2.25. The maximum absolute atomic E-state index is 12.1. The van der Waals surface area contributed by atoms with Crippen molar-refractivity contribution in [1.82, 2.24) is 4.90 Å². The summed E-state index contributed by atoms with van der Waals surface area (Å²) in [6.45, 7) is 2.72. The van der Waals surface area contributed by atoms with E-state index >= 15 is 0 Å². The average Bonchev–Trinajstić information content (AvgIpc) is 3.02. The van der Waals surface area contributed by atoms with Gasteiger partial charge in [0.05, 0.1) is 18.5 Å². The lowest BCUT2D eigenvalue weighted by Gasteiger charge is -2.26. The average molecular weight is 331 g/mol. The van der Waals surface area contributed by atoms with Crippen molar-refractivity contribution in [3.63, 3.8) is 0 Å². The van der Waals surface area contributed by atoms with Gasteiger partial charge in [-0.3, -0.25) is 9.69 Å². The Morgan fingerprint density at radius 2 is 2.30 bits per heavy atom. The first-order valence-corrected chi connectivity index (χ1v) is 8.54. The van der Waals surface area contributed by atoms with Crippen LogP contribution < -0.4 is 15.8 Å². The monoisotopic (exact) mass is 331 g/mol. The Labute approximate surface area is 140 Å². The molecule has 0 spiro atoms. The van der Waals surface area contributed by atoms with Crippen LogP contribution in [-0.4, -0.2) is 31.0 Å². The zero-order valence-electron chi connectivity index (χ0n) is 13.2. The fraction of sp³-hybridized carbons (Fsp3) is 0.353. The van der Waals surface area contributed by atoms with Crippen LogP contribution in [0, 0.1) is 0 Å². The first kappa shape index (κ1) is 15.8. The molecule has 1 aromatic heterocycles. The van der Waals surface area contributed by atoms with Crippen LogP contribution in [0.25, 0.3) is 0 Å². The van der Waals surface area contributed by atoms with Crippen molar-refractivity contribution in [1.29, 1.82) is 0 Å². The zero-order valence-corrected chi connectivity index (χ0v) is 14.0. The number of thiophene rings is 1. The van der Waals surface area contributed by atoms with Crippen molar-refractivity contribution < 1.29 is 9.53 Å². The standard InChI is InChI=1S/C17H21N3O2S/c1-22-13-2-3-15(14(18)10-13)19-17(21)5-8-20-7-4-16-12(11-20)6-9-23-16/h2-3,6,9-10H,4-5,7-8,11,18H2,1H3,(H,19,21). The van der Waals surface area contributed by atoms with Gasteiger partial charge >= 0.3 is 0 Å². The van der Waals surface area contributed by atoms with Crippen LogP contribution in [0.5, 0.6) is 5.75 Å². The smallest absolute Gasteiger partial charge is 0.225 e. The molecular weight excluding hydrogens is 310 g/mol. The van der Waals surface area contributed by atoms with Gasteiger partial charge in [-0.15, -0.1) is 11.3 Å². The molecule has 3 rings (SSSR count). The summed E-state index contributed by atoms with van der Waals surface area (Å²) in [6.07, 6.45) is 1.55. The summed E-state index contributed by atoms with van der Waals surface area (Å²) >= 11 is 1.83. The van der Waals surface area contributed by atoms with E-state index in [0.717, 1.165) is 26.1 Å². The quantitative estimate of drug-likeness (QED) is 0.827. The number of methoxy groups -OCH3 is 1. The Kier molecular flexibility index (Phi) is 4.83. The zero-order chi connectivity index (χ0) is 16.2. The van der Waals surface area contributed by atoms with Crippen LogP contribution in [0.2, 0.25) is 0 Å². The highest BCUT2D eigenvalue weighted by molar-refractivity contribution is 7.10. The van der Waals surface area contributed by atoms with Crippen molar-refractivity contribution in [2.75, 3.05) is 31.2 Å². The molecule has 1 aromatic carbocycles. The number of hydrogen-bond acceptors (Lipinski definition) is 5. The van der Waals surface area contributed by atoms with E-state index in [-0.39, 0.29) is 5.91 Å². The number of nitrogens with two attached hydrogens (primary N) is 1. The number of carbonyl (C=O) groups is 1. The van der Waals surface area contributed by atoms with Gasteiger partial charge in [-0.2, -0.15) is 0 Å². The second-order valence-corrected chi connectivity index (χ2v) is 6.65. The van der Waals surface area contributed by atoms with E-state index < -0.39 is 0 Å². The van der Waals surface area contributed by atoms with Crippen molar-refractivity contribution in [3.05, 3.63) is 40.1 Å². The third-order valence-electron chi connectivity index (χ3n) is 4.07. The van der Waals surface area contributed by atoms with Crippen molar-refractivity contribution in [2.45, 2.75) is 19.4 Å². The van der Waals surface area contributed by atoms with Gasteiger partial charge < -0.3 is 15.8 Å². The number of benzene rings is 1. The number of ether oxygens (including phenoxy) is 1. The number of hydrogen-bond donors (Lipinski definition) is 2. The molecule has 0 saturated carbocycles. The molecule has 1 aliphatic rings. The van der Waals surface area contributed by atoms with E-state index in [1.807, 2.05) is 11.3 Å². The van der Waals surface area contributed by atoms with E-state index in [2.05, 4.69) is 21.7 Å². The SMILES string of the molecule is COc1ccc(NC(=O)CCN2CCc3sccc3C2)c(N)c1. The summed E-state index contributed by atoms with van der Waals surface area (Å²) in [7, 11) is 1.59. The molecule has 0 saturated heterocycles.